The Labute approximate surface area is 110 Å². The molecule has 0 spiro atoms. The van der Waals surface area contributed by atoms with E-state index in [-0.39, 0.29) is 0 Å². The zero-order valence-corrected chi connectivity index (χ0v) is 11.5. The first-order chi connectivity index (χ1) is 8.08. The van der Waals surface area contributed by atoms with Gasteiger partial charge >= 0.3 is 0 Å². The number of aliphatic hydroxyl groups is 1. The molecule has 2 rings (SSSR count). The van der Waals surface area contributed by atoms with Crippen molar-refractivity contribution in [1.29, 1.82) is 0 Å². The summed E-state index contributed by atoms with van der Waals surface area (Å²) in [6, 6.07) is 13.9. The monoisotopic (exact) mass is 290 g/mol. The van der Waals surface area contributed by atoms with E-state index >= 15 is 0 Å². The molecular formula is C15H15BrO. The number of rotatable bonds is 2. The van der Waals surface area contributed by atoms with Crippen LogP contribution in [0.15, 0.2) is 46.9 Å². The normalized spacial score (nSPS) is 12.5. The van der Waals surface area contributed by atoms with Gasteiger partial charge in [-0.2, -0.15) is 0 Å². The zero-order chi connectivity index (χ0) is 12.4. The fourth-order valence-electron chi connectivity index (χ4n) is 2.00. The minimum Gasteiger partial charge on any atom is -0.384 e. The van der Waals surface area contributed by atoms with E-state index < -0.39 is 6.10 Å². The van der Waals surface area contributed by atoms with Gasteiger partial charge in [0.1, 0.15) is 6.10 Å². The topological polar surface area (TPSA) is 20.2 Å². The predicted molar refractivity (Wildman–Crippen MR) is 74.1 cm³/mol. The molecule has 0 bridgehead atoms. The van der Waals surface area contributed by atoms with Gasteiger partial charge in [0.25, 0.3) is 0 Å². The van der Waals surface area contributed by atoms with Crippen molar-refractivity contribution >= 4 is 15.9 Å². The molecule has 0 saturated heterocycles. The van der Waals surface area contributed by atoms with E-state index in [1.165, 1.54) is 0 Å². The third-order valence-electron chi connectivity index (χ3n) is 2.86. The van der Waals surface area contributed by atoms with Crippen LogP contribution in [0.1, 0.15) is 28.4 Å². The molecule has 0 aromatic heterocycles. The van der Waals surface area contributed by atoms with Gasteiger partial charge in [-0.1, -0.05) is 46.3 Å². The highest BCUT2D eigenvalue weighted by molar-refractivity contribution is 9.10. The summed E-state index contributed by atoms with van der Waals surface area (Å²) in [6.07, 6.45) is -0.563. The van der Waals surface area contributed by atoms with Crippen LogP contribution in [0.3, 0.4) is 0 Å². The smallest absolute Gasteiger partial charge is 0.104 e. The quantitative estimate of drug-likeness (QED) is 0.881. The Hall–Kier alpha value is -1.12. The van der Waals surface area contributed by atoms with E-state index in [1.807, 2.05) is 56.3 Å². The number of halogens is 1. The van der Waals surface area contributed by atoms with E-state index in [4.69, 9.17) is 0 Å². The van der Waals surface area contributed by atoms with Crippen LogP contribution in [-0.4, -0.2) is 5.11 Å². The van der Waals surface area contributed by atoms with Crippen molar-refractivity contribution in [2.75, 3.05) is 0 Å². The van der Waals surface area contributed by atoms with Crippen LogP contribution >= 0.6 is 15.9 Å². The molecule has 0 aliphatic rings. The molecule has 0 heterocycles. The van der Waals surface area contributed by atoms with Gasteiger partial charge in [-0.05, 0) is 48.2 Å². The molecular weight excluding hydrogens is 276 g/mol. The summed E-state index contributed by atoms with van der Waals surface area (Å²) in [6.45, 7) is 4.04. The maximum absolute atomic E-state index is 10.4. The van der Waals surface area contributed by atoms with Crippen LogP contribution in [0, 0.1) is 13.8 Å². The Balaban J connectivity index is 2.43. The van der Waals surface area contributed by atoms with Crippen molar-refractivity contribution in [3.05, 3.63) is 69.2 Å². The van der Waals surface area contributed by atoms with Crippen molar-refractivity contribution in [3.8, 4) is 0 Å². The maximum atomic E-state index is 10.4. The lowest BCUT2D eigenvalue weighted by Gasteiger charge is -2.15. The molecule has 1 unspecified atom stereocenters. The minimum atomic E-state index is -0.563. The Morgan fingerprint density at radius 3 is 2.41 bits per heavy atom. The second-order valence-corrected chi connectivity index (χ2v) is 5.24. The summed E-state index contributed by atoms with van der Waals surface area (Å²) in [5.74, 6) is 0. The first-order valence-corrected chi connectivity index (χ1v) is 6.38. The van der Waals surface area contributed by atoms with E-state index in [0.717, 1.165) is 26.7 Å². The summed E-state index contributed by atoms with van der Waals surface area (Å²) in [4.78, 5) is 0. The Kier molecular flexibility index (Phi) is 3.65. The van der Waals surface area contributed by atoms with Gasteiger partial charge in [0.2, 0.25) is 0 Å². The lowest BCUT2D eigenvalue weighted by molar-refractivity contribution is 0.219. The highest BCUT2D eigenvalue weighted by Gasteiger charge is 2.13. The lowest BCUT2D eigenvalue weighted by Crippen LogP contribution is -2.02. The third-order valence-corrected chi connectivity index (χ3v) is 3.32. The molecule has 0 aliphatic carbocycles. The van der Waals surface area contributed by atoms with Crippen LogP contribution in [0.4, 0.5) is 0 Å². The molecule has 1 nitrogen and oxygen atoms in total. The summed E-state index contributed by atoms with van der Waals surface area (Å²) < 4.78 is 1.00. The average Bonchev–Trinajstić information content (AvgIpc) is 2.27. The Morgan fingerprint density at radius 2 is 1.76 bits per heavy atom. The highest BCUT2D eigenvalue weighted by atomic mass is 79.9. The van der Waals surface area contributed by atoms with Crippen molar-refractivity contribution < 1.29 is 5.11 Å². The van der Waals surface area contributed by atoms with E-state index in [2.05, 4.69) is 15.9 Å². The SMILES string of the molecule is Cc1cc(Br)cc(C(O)c2ccccc2C)c1. The summed E-state index contributed by atoms with van der Waals surface area (Å²) in [5.41, 5.74) is 4.14. The molecule has 88 valence electrons. The second kappa shape index (κ2) is 5.03. The third kappa shape index (κ3) is 2.76. The summed E-state index contributed by atoms with van der Waals surface area (Å²) in [5, 5.41) is 10.4. The van der Waals surface area contributed by atoms with Gasteiger partial charge in [-0.25, -0.2) is 0 Å². The summed E-state index contributed by atoms with van der Waals surface area (Å²) >= 11 is 3.46. The molecule has 1 atom stereocenters. The molecule has 2 heteroatoms. The van der Waals surface area contributed by atoms with Crippen LogP contribution in [0.5, 0.6) is 0 Å². The highest BCUT2D eigenvalue weighted by Crippen LogP contribution is 2.27. The van der Waals surface area contributed by atoms with E-state index in [0.29, 0.717) is 0 Å². The van der Waals surface area contributed by atoms with E-state index in [1.54, 1.807) is 0 Å². The van der Waals surface area contributed by atoms with Crippen molar-refractivity contribution in [2.24, 2.45) is 0 Å². The number of benzene rings is 2. The van der Waals surface area contributed by atoms with Gasteiger partial charge in [0, 0.05) is 4.47 Å². The first kappa shape index (κ1) is 12.3. The second-order valence-electron chi connectivity index (χ2n) is 4.32. The summed E-state index contributed by atoms with van der Waals surface area (Å²) in [7, 11) is 0. The molecule has 2 aromatic rings. The van der Waals surface area contributed by atoms with Crippen molar-refractivity contribution in [3.63, 3.8) is 0 Å². The fourth-order valence-corrected chi connectivity index (χ4v) is 2.62. The zero-order valence-electron chi connectivity index (χ0n) is 9.94. The van der Waals surface area contributed by atoms with Gasteiger partial charge in [0.15, 0.2) is 0 Å². The van der Waals surface area contributed by atoms with Crippen molar-refractivity contribution in [2.45, 2.75) is 20.0 Å². The van der Waals surface area contributed by atoms with Gasteiger partial charge < -0.3 is 5.11 Å². The van der Waals surface area contributed by atoms with Gasteiger partial charge in [-0.15, -0.1) is 0 Å². The number of aliphatic hydroxyl groups excluding tert-OH is 1. The van der Waals surface area contributed by atoms with Crippen LogP contribution in [-0.2, 0) is 0 Å². The van der Waals surface area contributed by atoms with Gasteiger partial charge in [0.05, 0.1) is 0 Å². The minimum absolute atomic E-state index is 0.563. The fraction of sp³-hybridized carbons (Fsp3) is 0.200. The Morgan fingerprint density at radius 1 is 1.06 bits per heavy atom. The molecule has 0 aliphatic heterocycles. The maximum Gasteiger partial charge on any atom is 0.104 e. The molecule has 0 fully saturated rings. The molecule has 1 N–H and O–H groups in total. The van der Waals surface area contributed by atoms with Crippen molar-refractivity contribution in [1.82, 2.24) is 0 Å². The predicted octanol–water partition coefficient (Wildman–Crippen LogP) is 4.15. The van der Waals surface area contributed by atoms with E-state index in [9.17, 15) is 5.11 Å². The number of hydrogen-bond acceptors (Lipinski definition) is 1. The lowest BCUT2D eigenvalue weighted by atomic mass is 9.97. The largest absolute Gasteiger partial charge is 0.384 e. The van der Waals surface area contributed by atoms with Crippen LogP contribution in [0.25, 0.3) is 0 Å². The molecule has 2 aromatic carbocycles. The number of hydrogen-bond donors (Lipinski definition) is 1. The molecule has 0 saturated carbocycles. The first-order valence-electron chi connectivity index (χ1n) is 5.58. The Bertz CT molecular complexity index is 514. The standard InChI is InChI=1S/C15H15BrO/c1-10-7-12(9-13(16)8-10)15(17)14-6-4-3-5-11(14)2/h3-9,15,17H,1-2H3. The number of aryl methyl sites for hydroxylation is 2. The molecule has 0 radical (unpaired) electrons. The van der Waals surface area contributed by atoms with Crippen LogP contribution < -0.4 is 0 Å². The molecule has 17 heavy (non-hydrogen) atoms. The van der Waals surface area contributed by atoms with Crippen LogP contribution in [0.2, 0.25) is 0 Å². The average molecular weight is 291 g/mol. The van der Waals surface area contributed by atoms with Gasteiger partial charge in [-0.3, -0.25) is 0 Å². The molecule has 0 amide bonds.